The molecule has 1 heterocycles. The van der Waals surface area contributed by atoms with Crippen LogP contribution in [0.1, 0.15) is 36.8 Å². The second-order valence-corrected chi connectivity index (χ2v) is 4.67. The number of rotatable bonds is 6. The summed E-state index contributed by atoms with van der Waals surface area (Å²) < 4.78 is 0. The molecule has 106 valence electrons. The van der Waals surface area contributed by atoms with Crippen LogP contribution >= 0.6 is 0 Å². The number of fused-ring (bicyclic) bond motifs is 1. The number of primary amides is 1. The van der Waals surface area contributed by atoms with Crippen LogP contribution in [-0.2, 0) is 4.79 Å². The molecule has 0 bridgehead atoms. The van der Waals surface area contributed by atoms with Crippen molar-refractivity contribution in [3.05, 3.63) is 30.1 Å². The van der Waals surface area contributed by atoms with Gasteiger partial charge in [-0.15, -0.1) is 0 Å². The van der Waals surface area contributed by atoms with Crippen molar-refractivity contribution < 1.29 is 9.59 Å². The molecule has 0 unspecified atom stereocenters. The van der Waals surface area contributed by atoms with Crippen LogP contribution in [0.3, 0.4) is 0 Å². The van der Waals surface area contributed by atoms with E-state index in [4.69, 9.17) is 5.73 Å². The van der Waals surface area contributed by atoms with Gasteiger partial charge < -0.3 is 16.0 Å². The Morgan fingerprint density at radius 3 is 2.80 bits per heavy atom. The number of hydrogen-bond donors (Lipinski definition) is 3. The fraction of sp³-hybridized carbons (Fsp3) is 0.357. The van der Waals surface area contributed by atoms with Gasteiger partial charge in [-0.05, 0) is 18.6 Å². The predicted octanol–water partition coefficient (Wildman–Crippen LogP) is 1.34. The summed E-state index contributed by atoms with van der Waals surface area (Å²) in [6.45, 7) is 2.01. The number of imidazole rings is 1. The first-order chi connectivity index (χ1) is 9.61. The minimum absolute atomic E-state index is 0.189. The fourth-order valence-electron chi connectivity index (χ4n) is 1.98. The van der Waals surface area contributed by atoms with Crippen LogP contribution in [0.5, 0.6) is 0 Å². The lowest BCUT2D eigenvalue weighted by Crippen LogP contribution is -2.44. The quantitative estimate of drug-likeness (QED) is 0.740. The number of nitrogens with zero attached hydrogens (tertiary/aromatic N) is 1. The van der Waals surface area contributed by atoms with Crippen molar-refractivity contribution in [2.75, 3.05) is 0 Å². The van der Waals surface area contributed by atoms with E-state index in [0.717, 1.165) is 18.4 Å². The third kappa shape index (κ3) is 3.14. The molecule has 0 radical (unpaired) electrons. The van der Waals surface area contributed by atoms with Gasteiger partial charge >= 0.3 is 0 Å². The molecule has 0 saturated carbocycles. The van der Waals surface area contributed by atoms with Crippen molar-refractivity contribution in [2.24, 2.45) is 5.73 Å². The fourth-order valence-corrected chi connectivity index (χ4v) is 1.98. The zero-order chi connectivity index (χ0) is 14.5. The second kappa shape index (κ2) is 6.18. The number of hydrogen-bond acceptors (Lipinski definition) is 3. The van der Waals surface area contributed by atoms with Crippen LogP contribution in [0, 0.1) is 0 Å². The molecule has 0 fully saturated rings. The minimum Gasteiger partial charge on any atom is -0.368 e. The van der Waals surface area contributed by atoms with Crippen molar-refractivity contribution in [1.82, 2.24) is 15.3 Å². The van der Waals surface area contributed by atoms with Gasteiger partial charge in [0.05, 0.1) is 11.0 Å². The molecule has 2 rings (SSSR count). The number of para-hydroxylation sites is 2. The normalized spacial score (nSPS) is 12.2. The van der Waals surface area contributed by atoms with Crippen molar-refractivity contribution in [3.8, 4) is 0 Å². The monoisotopic (exact) mass is 274 g/mol. The molecular formula is C14H18N4O2. The van der Waals surface area contributed by atoms with Crippen LogP contribution in [0.2, 0.25) is 0 Å². The topological polar surface area (TPSA) is 101 Å². The number of unbranched alkanes of at least 4 members (excludes halogenated alkanes) is 1. The number of aromatic amines is 1. The van der Waals surface area contributed by atoms with E-state index in [2.05, 4.69) is 15.3 Å². The van der Waals surface area contributed by atoms with Crippen LogP contribution in [0.15, 0.2) is 24.3 Å². The standard InChI is InChI=1S/C14H18N4O2/c1-2-3-6-11(12(15)19)18-14(20)13-16-9-7-4-5-8-10(9)17-13/h4-5,7-8,11H,2-3,6H2,1H3,(H2,15,19)(H,16,17)(H,18,20)/t11-/m0/s1. The highest BCUT2D eigenvalue weighted by molar-refractivity contribution is 5.96. The molecule has 6 heteroatoms. The molecular weight excluding hydrogens is 256 g/mol. The van der Waals surface area contributed by atoms with Crippen molar-refractivity contribution in [2.45, 2.75) is 32.2 Å². The third-order valence-corrected chi connectivity index (χ3v) is 3.10. The van der Waals surface area contributed by atoms with Gasteiger partial charge in [-0.2, -0.15) is 0 Å². The van der Waals surface area contributed by atoms with E-state index >= 15 is 0 Å². The number of carbonyl (C=O) groups is 2. The van der Waals surface area contributed by atoms with Crippen LogP contribution < -0.4 is 11.1 Å². The summed E-state index contributed by atoms with van der Waals surface area (Å²) >= 11 is 0. The van der Waals surface area contributed by atoms with Crippen molar-refractivity contribution in [3.63, 3.8) is 0 Å². The van der Waals surface area contributed by atoms with Crippen molar-refractivity contribution in [1.29, 1.82) is 0 Å². The first-order valence-corrected chi connectivity index (χ1v) is 6.66. The lowest BCUT2D eigenvalue weighted by Gasteiger charge is -2.13. The highest BCUT2D eigenvalue weighted by Gasteiger charge is 2.20. The largest absolute Gasteiger partial charge is 0.368 e. The Bertz CT molecular complexity index is 587. The Labute approximate surface area is 116 Å². The van der Waals surface area contributed by atoms with E-state index in [0.29, 0.717) is 11.9 Å². The molecule has 0 spiro atoms. The Morgan fingerprint density at radius 1 is 1.40 bits per heavy atom. The molecule has 1 atom stereocenters. The second-order valence-electron chi connectivity index (χ2n) is 4.67. The molecule has 2 aromatic rings. The summed E-state index contributed by atoms with van der Waals surface area (Å²) in [6, 6.07) is 6.69. The molecule has 0 saturated heterocycles. The summed E-state index contributed by atoms with van der Waals surface area (Å²) in [5, 5.41) is 2.62. The summed E-state index contributed by atoms with van der Waals surface area (Å²) in [4.78, 5) is 30.5. The summed E-state index contributed by atoms with van der Waals surface area (Å²) in [5.74, 6) is -0.752. The van der Waals surface area contributed by atoms with Gasteiger partial charge in [0, 0.05) is 0 Å². The number of amides is 2. The molecule has 1 aromatic carbocycles. The average Bonchev–Trinajstić information content (AvgIpc) is 2.86. The van der Waals surface area contributed by atoms with Crippen molar-refractivity contribution >= 4 is 22.8 Å². The van der Waals surface area contributed by atoms with E-state index in [-0.39, 0.29) is 5.82 Å². The highest BCUT2D eigenvalue weighted by Crippen LogP contribution is 2.10. The van der Waals surface area contributed by atoms with Crippen LogP contribution in [0.4, 0.5) is 0 Å². The molecule has 4 N–H and O–H groups in total. The van der Waals surface area contributed by atoms with Crippen LogP contribution in [0.25, 0.3) is 11.0 Å². The van der Waals surface area contributed by atoms with Gasteiger partial charge in [-0.25, -0.2) is 4.98 Å². The lowest BCUT2D eigenvalue weighted by atomic mass is 10.1. The SMILES string of the molecule is CCCC[C@H](NC(=O)c1nc2ccccc2[nH]1)C(N)=O. The maximum atomic E-state index is 12.1. The Hall–Kier alpha value is -2.37. The van der Waals surface area contributed by atoms with Gasteiger partial charge in [0.15, 0.2) is 5.82 Å². The zero-order valence-electron chi connectivity index (χ0n) is 11.3. The summed E-state index contributed by atoms with van der Waals surface area (Å²) in [7, 11) is 0. The maximum absolute atomic E-state index is 12.1. The molecule has 6 nitrogen and oxygen atoms in total. The predicted molar refractivity (Wildman–Crippen MR) is 76.1 cm³/mol. The Kier molecular flexibility index (Phi) is 4.34. The number of H-pyrrole nitrogens is 1. The molecule has 1 aromatic heterocycles. The third-order valence-electron chi connectivity index (χ3n) is 3.10. The van der Waals surface area contributed by atoms with E-state index in [1.54, 1.807) is 0 Å². The number of carbonyl (C=O) groups excluding carboxylic acids is 2. The first-order valence-electron chi connectivity index (χ1n) is 6.66. The van der Waals surface area contributed by atoms with Gasteiger partial charge in [-0.1, -0.05) is 31.9 Å². The molecule has 2 amide bonds. The smallest absolute Gasteiger partial charge is 0.287 e. The molecule has 0 aliphatic rings. The Balaban J connectivity index is 2.11. The average molecular weight is 274 g/mol. The van der Waals surface area contributed by atoms with Gasteiger partial charge in [0.1, 0.15) is 6.04 Å². The summed E-state index contributed by atoms with van der Waals surface area (Å²) in [6.07, 6.45) is 2.30. The number of aromatic nitrogens is 2. The summed E-state index contributed by atoms with van der Waals surface area (Å²) in [5.41, 5.74) is 6.78. The molecule has 20 heavy (non-hydrogen) atoms. The minimum atomic E-state index is -0.657. The number of nitrogens with one attached hydrogen (secondary N) is 2. The molecule has 0 aliphatic heterocycles. The Morgan fingerprint density at radius 2 is 2.15 bits per heavy atom. The van der Waals surface area contributed by atoms with Gasteiger partial charge in [0.25, 0.3) is 5.91 Å². The van der Waals surface area contributed by atoms with Gasteiger partial charge in [0.2, 0.25) is 5.91 Å². The zero-order valence-corrected chi connectivity index (χ0v) is 11.3. The number of benzene rings is 1. The van der Waals surface area contributed by atoms with E-state index < -0.39 is 17.9 Å². The molecule has 0 aliphatic carbocycles. The van der Waals surface area contributed by atoms with E-state index in [1.807, 2.05) is 31.2 Å². The lowest BCUT2D eigenvalue weighted by molar-refractivity contribution is -0.120. The highest BCUT2D eigenvalue weighted by atomic mass is 16.2. The number of nitrogens with two attached hydrogens (primary N) is 1. The first kappa shape index (κ1) is 14.0. The van der Waals surface area contributed by atoms with Crippen LogP contribution in [-0.4, -0.2) is 27.8 Å². The van der Waals surface area contributed by atoms with E-state index in [9.17, 15) is 9.59 Å². The van der Waals surface area contributed by atoms with E-state index in [1.165, 1.54) is 0 Å². The maximum Gasteiger partial charge on any atom is 0.287 e. The van der Waals surface area contributed by atoms with Gasteiger partial charge in [-0.3, -0.25) is 9.59 Å².